The number of hydrogen-bond donors (Lipinski definition) is 1. The molecule has 0 aromatic heterocycles. The molecular weight excluding hydrogens is 292 g/mol. The fourth-order valence-electron chi connectivity index (χ4n) is 3.24. The first kappa shape index (κ1) is 17.8. The van der Waals surface area contributed by atoms with Crippen LogP contribution >= 0.6 is 0 Å². The summed E-state index contributed by atoms with van der Waals surface area (Å²) in [5.41, 5.74) is -0.139. The summed E-state index contributed by atoms with van der Waals surface area (Å²) in [6.45, 7) is 5.71. The van der Waals surface area contributed by atoms with Gasteiger partial charge in [0.05, 0.1) is 13.7 Å². The minimum Gasteiger partial charge on any atom is -0.497 e. The monoisotopic (exact) mass is 320 g/mol. The van der Waals surface area contributed by atoms with Crippen molar-refractivity contribution in [3.63, 3.8) is 0 Å². The van der Waals surface area contributed by atoms with E-state index in [0.717, 1.165) is 30.7 Å². The number of hydrogen-bond acceptors (Lipinski definition) is 4. The van der Waals surface area contributed by atoms with Gasteiger partial charge in [0.25, 0.3) is 0 Å². The highest BCUT2D eigenvalue weighted by molar-refractivity contribution is 5.78. The molecule has 1 aromatic carbocycles. The predicted molar refractivity (Wildman–Crippen MR) is 90.5 cm³/mol. The van der Waals surface area contributed by atoms with Gasteiger partial charge >= 0.3 is 0 Å². The quantitative estimate of drug-likeness (QED) is 0.869. The molecule has 1 aliphatic heterocycles. The summed E-state index contributed by atoms with van der Waals surface area (Å²) in [4.78, 5) is 16.0. The van der Waals surface area contributed by atoms with Crippen LogP contribution in [0.3, 0.4) is 0 Å². The van der Waals surface area contributed by atoms with Crippen LogP contribution in [-0.4, -0.2) is 60.6 Å². The lowest BCUT2D eigenvalue weighted by Gasteiger charge is -2.37. The molecule has 1 N–H and O–H groups in total. The Bertz CT molecular complexity index is 528. The van der Waals surface area contributed by atoms with Crippen molar-refractivity contribution in [3.8, 4) is 5.75 Å². The summed E-state index contributed by atoms with van der Waals surface area (Å²) in [6, 6.07) is 7.47. The maximum absolute atomic E-state index is 12.2. The number of rotatable bonds is 6. The van der Waals surface area contributed by atoms with Gasteiger partial charge in [-0.3, -0.25) is 9.69 Å². The molecule has 1 aliphatic rings. The standard InChI is InChI=1S/C18H28N2O3/c1-5-19(3)17(21)13-20-12-6-7-16(20)18(2,22)14-8-10-15(23-4)11-9-14/h8-11,16,22H,5-7,12-13H2,1-4H3/t16-,18+/m0/s1. The highest BCUT2D eigenvalue weighted by atomic mass is 16.5. The lowest BCUT2D eigenvalue weighted by Crippen LogP contribution is -2.49. The predicted octanol–water partition coefficient (Wildman–Crippen LogP) is 1.85. The van der Waals surface area contributed by atoms with E-state index >= 15 is 0 Å². The van der Waals surface area contributed by atoms with Gasteiger partial charge in [-0.1, -0.05) is 12.1 Å². The van der Waals surface area contributed by atoms with Crippen molar-refractivity contribution in [1.82, 2.24) is 9.80 Å². The molecule has 1 aromatic rings. The zero-order chi connectivity index (χ0) is 17.0. The normalized spacial score (nSPS) is 21.0. The van der Waals surface area contributed by atoms with Gasteiger partial charge in [0.2, 0.25) is 5.91 Å². The van der Waals surface area contributed by atoms with Gasteiger partial charge in [-0.05, 0) is 50.9 Å². The summed E-state index contributed by atoms with van der Waals surface area (Å²) in [5, 5.41) is 11.1. The van der Waals surface area contributed by atoms with E-state index in [1.165, 1.54) is 0 Å². The average Bonchev–Trinajstić information content (AvgIpc) is 3.03. The van der Waals surface area contributed by atoms with Gasteiger partial charge in [-0.2, -0.15) is 0 Å². The third kappa shape index (κ3) is 3.85. The van der Waals surface area contributed by atoms with Crippen molar-refractivity contribution in [2.45, 2.75) is 38.3 Å². The number of benzene rings is 1. The minimum atomic E-state index is -0.992. The van der Waals surface area contributed by atoms with E-state index in [9.17, 15) is 9.90 Å². The second-order valence-corrected chi connectivity index (χ2v) is 6.41. The first-order valence-corrected chi connectivity index (χ1v) is 8.25. The second kappa shape index (κ2) is 7.32. The molecule has 0 bridgehead atoms. The number of amides is 1. The Kier molecular flexibility index (Phi) is 5.65. The van der Waals surface area contributed by atoms with Crippen LogP contribution in [0.4, 0.5) is 0 Å². The van der Waals surface area contributed by atoms with E-state index in [2.05, 4.69) is 4.90 Å². The van der Waals surface area contributed by atoms with Crippen molar-refractivity contribution in [1.29, 1.82) is 0 Å². The Morgan fingerprint density at radius 2 is 2.09 bits per heavy atom. The fourth-order valence-corrected chi connectivity index (χ4v) is 3.24. The van der Waals surface area contributed by atoms with E-state index in [4.69, 9.17) is 4.74 Å². The third-order valence-corrected chi connectivity index (χ3v) is 4.93. The zero-order valence-corrected chi connectivity index (χ0v) is 14.6. The molecule has 1 saturated heterocycles. The van der Waals surface area contributed by atoms with Crippen molar-refractivity contribution < 1.29 is 14.6 Å². The van der Waals surface area contributed by atoms with Crippen LogP contribution in [-0.2, 0) is 10.4 Å². The number of carbonyl (C=O) groups is 1. The number of likely N-dealkylation sites (N-methyl/N-ethyl adjacent to an activating group) is 1. The molecule has 0 spiro atoms. The smallest absolute Gasteiger partial charge is 0.236 e. The largest absolute Gasteiger partial charge is 0.497 e. The number of ether oxygens (including phenoxy) is 1. The minimum absolute atomic E-state index is 0.0508. The van der Waals surface area contributed by atoms with Crippen LogP contribution in [0.15, 0.2) is 24.3 Å². The number of likely N-dealkylation sites (tertiary alicyclic amines) is 1. The molecular formula is C18H28N2O3. The Morgan fingerprint density at radius 3 is 2.65 bits per heavy atom. The summed E-state index contributed by atoms with van der Waals surface area (Å²) in [7, 11) is 3.44. The summed E-state index contributed by atoms with van der Waals surface area (Å²) >= 11 is 0. The molecule has 1 heterocycles. The number of aliphatic hydroxyl groups is 1. The lowest BCUT2D eigenvalue weighted by molar-refractivity contribution is -0.132. The Balaban J connectivity index is 2.14. The van der Waals surface area contributed by atoms with Crippen LogP contribution in [0.5, 0.6) is 5.75 Å². The molecule has 23 heavy (non-hydrogen) atoms. The topological polar surface area (TPSA) is 53.0 Å². The molecule has 0 unspecified atom stereocenters. The molecule has 1 fully saturated rings. The van der Waals surface area contributed by atoms with Crippen LogP contribution < -0.4 is 4.74 Å². The summed E-state index contributed by atoms with van der Waals surface area (Å²) in [6.07, 6.45) is 1.89. The average molecular weight is 320 g/mol. The Labute approximate surface area is 138 Å². The maximum Gasteiger partial charge on any atom is 0.236 e. The molecule has 128 valence electrons. The third-order valence-electron chi connectivity index (χ3n) is 4.93. The zero-order valence-electron chi connectivity index (χ0n) is 14.6. The maximum atomic E-state index is 12.2. The van der Waals surface area contributed by atoms with Gasteiger partial charge in [0.1, 0.15) is 11.4 Å². The van der Waals surface area contributed by atoms with E-state index in [0.29, 0.717) is 13.1 Å². The lowest BCUT2D eigenvalue weighted by atomic mass is 9.86. The molecule has 5 nitrogen and oxygen atoms in total. The molecule has 0 saturated carbocycles. The highest BCUT2D eigenvalue weighted by Gasteiger charge is 2.41. The van der Waals surface area contributed by atoms with Crippen molar-refractivity contribution >= 4 is 5.91 Å². The SMILES string of the molecule is CCN(C)C(=O)CN1CCC[C@H]1[C@](C)(O)c1ccc(OC)cc1. The second-order valence-electron chi connectivity index (χ2n) is 6.41. The Hall–Kier alpha value is -1.59. The number of nitrogens with zero attached hydrogens (tertiary/aromatic N) is 2. The number of carbonyl (C=O) groups excluding carboxylic acids is 1. The van der Waals surface area contributed by atoms with Crippen molar-refractivity contribution in [3.05, 3.63) is 29.8 Å². The van der Waals surface area contributed by atoms with Crippen LogP contribution in [0.25, 0.3) is 0 Å². The van der Waals surface area contributed by atoms with Gasteiger partial charge in [0.15, 0.2) is 0 Å². The van der Waals surface area contributed by atoms with Crippen molar-refractivity contribution in [2.24, 2.45) is 0 Å². The molecule has 5 heteroatoms. The molecule has 1 amide bonds. The molecule has 0 aliphatic carbocycles. The number of methoxy groups -OCH3 is 1. The molecule has 2 rings (SSSR count). The van der Waals surface area contributed by atoms with E-state index in [-0.39, 0.29) is 11.9 Å². The summed E-state index contributed by atoms with van der Waals surface area (Å²) in [5.74, 6) is 0.873. The van der Waals surface area contributed by atoms with E-state index < -0.39 is 5.60 Å². The first-order chi connectivity index (χ1) is 10.9. The van der Waals surface area contributed by atoms with Gasteiger partial charge in [0, 0.05) is 19.6 Å². The first-order valence-electron chi connectivity index (χ1n) is 8.25. The van der Waals surface area contributed by atoms with Crippen LogP contribution in [0.2, 0.25) is 0 Å². The van der Waals surface area contributed by atoms with Crippen LogP contribution in [0, 0.1) is 0 Å². The Morgan fingerprint density at radius 1 is 1.43 bits per heavy atom. The van der Waals surface area contributed by atoms with Gasteiger partial charge in [-0.25, -0.2) is 0 Å². The van der Waals surface area contributed by atoms with E-state index in [1.54, 1.807) is 12.0 Å². The van der Waals surface area contributed by atoms with Gasteiger partial charge in [-0.15, -0.1) is 0 Å². The highest BCUT2D eigenvalue weighted by Crippen LogP contribution is 2.35. The van der Waals surface area contributed by atoms with Crippen molar-refractivity contribution in [2.75, 3.05) is 33.8 Å². The molecule has 0 radical (unpaired) electrons. The van der Waals surface area contributed by atoms with E-state index in [1.807, 2.05) is 45.2 Å². The summed E-state index contributed by atoms with van der Waals surface area (Å²) < 4.78 is 5.18. The van der Waals surface area contributed by atoms with Gasteiger partial charge < -0.3 is 14.7 Å². The van der Waals surface area contributed by atoms with Crippen LogP contribution in [0.1, 0.15) is 32.3 Å². The fraction of sp³-hybridized carbons (Fsp3) is 0.611. The molecule has 2 atom stereocenters.